The lowest BCUT2D eigenvalue weighted by molar-refractivity contribution is -0.125. The van der Waals surface area contributed by atoms with Gasteiger partial charge >= 0.3 is 0 Å². The molecule has 6 nitrogen and oxygen atoms in total. The summed E-state index contributed by atoms with van der Waals surface area (Å²) in [6, 6.07) is 8.41. The summed E-state index contributed by atoms with van der Waals surface area (Å²) in [5.41, 5.74) is 0.821. The highest BCUT2D eigenvalue weighted by molar-refractivity contribution is 7.89. The van der Waals surface area contributed by atoms with E-state index in [9.17, 15) is 17.6 Å². The molecule has 0 aliphatic carbocycles. The van der Waals surface area contributed by atoms with Crippen LogP contribution >= 0.6 is 0 Å². The second-order valence-corrected chi connectivity index (χ2v) is 8.09. The highest BCUT2D eigenvalue weighted by Gasteiger charge is 2.27. The molecule has 1 saturated heterocycles. The van der Waals surface area contributed by atoms with Crippen LogP contribution in [0.4, 0.5) is 4.39 Å². The van der Waals surface area contributed by atoms with E-state index < -0.39 is 15.8 Å². The number of rotatable bonds is 4. The van der Waals surface area contributed by atoms with Gasteiger partial charge in [-0.2, -0.15) is 4.31 Å². The molecule has 2 heterocycles. The molecule has 8 heteroatoms. The minimum Gasteiger partial charge on any atom is -0.338 e. The van der Waals surface area contributed by atoms with E-state index in [1.165, 1.54) is 22.5 Å². The average Bonchev–Trinajstić information content (AvgIpc) is 2.94. The van der Waals surface area contributed by atoms with Crippen LogP contribution in [0, 0.1) is 5.82 Å². The van der Waals surface area contributed by atoms with Gasteiger partial charge in [0.2, 0.25) is 15.9 Å². The summed E-state index contributed by atoms with van der Waals surface area (Å²) >= 11 is 0. The summed E-state index contributed by atoms with van der Waals surface area (Å²) in [7, 11) is -3.70. The number of aromatic nitrogens is 1. The lowest BCUT2D eigenvalue weighted by atomic mass is 10.2. The van der Waals surface area contributed by atoms with Gasteiger partial charge in [0, 0.05) is 44.6 Å². The number of benzene rings is 1. The SMILES string of the molecule is O=C(/C=C/c1cccnc1)N1CCCN(S(=O)(=O)c2ccc(F)cc2)CC1. The van der Waals surface area contributed by atoms with Crippen LogP contribution in [0.1, 0.15) is 12.0 Å². The van der Waals surface area contributed by atoms with Gasteiger partial charge in [0.25, 0.3) is 0 Å². The molecule has 0 atom stereocenters. The predicted octanol–water partition coefficient (Wildman–Crippen LogP) is 2.16. The first kappa shape index (κ1) is 19.2. The standard InChI is InChI=1S/C19H20FN3O3S/c20-17-5-7-18(8-6-17)27(25,26)23-12-2-11-22(13-14-23)19(24)9-4-16-3-1-10-21-15-16/h1,3-10,15H,2,11-14H2/b9-4+. The van der Waals surface area contributed by atoms with Crippen LogP contribution in [0.15, 0.2) is 59.8 Å². The second-order valence-electron chi connectivity index (χ2n) is 6.16. The van der Waals surface area contributed by atoms with E-state index >= 15 is 0 Å². The van der Waals surface area contributed by atoms with Crippen LogP contribution in [0.3, 0.4) is 0 Å². The van der Waals surface area contributed by atoms with E-state index in [4.69, 9.17) is 0 Å². The molecule has 2 aromatic rings. The van der Waals surface area contributed by atoms with E-state index in [1.807, 2.05) is 6.07 Å². The molecule has 1 fully saturated rings. The molecule has 1 aliphatic heterocycles. The smallest absolute Gasteiger partial charge is 0.246 e. The van der Waals surface area contributed by atoms with Crippen LogP contribution in [-0.2, 0) is 14.8 Å². The Morgan fingerprint density at radius 3 is 2.56 bits per heavy atom. The maximum atomic E-state index is 13.1. The molecule has 1 aromatic heterocycles. The first-order valence-electron chi connectivity index (χ1n) is 8.59. The van der Waals surface area contributed by atoms with E-state index in [0.717, 1.165) is 17.7 Å². The number of pyridine rings is 1. The number of amides is 1. The van der Waals surface area contributed by atoms with Crippen molar-refractivity contribution in [3.8, 4) is 0 Å². The third-order valence-electron chi connectivity index (χ3n) is 4.32. The van der Waals surface area contributed by atoms with Crippen LogP contribution < -0.4 is 0 Å². The number of carbonyl (C=O) groups excluding carboxylic acids is 1. The van der Waals surface area contributed by atoms with Crippen LogP contribution in [0.5, 0.6) is 0 Å². The quantitative estimate of drug-likeness (QED) is 0.752. The minimum atomic E-state index is -3.70. The van der Waals surface area contributed by atoms with Gasteiger partial charge in [0.15, 0.2) is 0 Å². The molecule has 0 unspecified atom stereocenters. The molecule has 27 heavy (non-hydrogen) atoms. The molecule has 0 saturated carbocycles. The van der Waals surface area contributed by atoms with Crippen LogP contribution in [0.2, 0.25) is 0 Å². The summed E-state index contributed by atoms with van der Waals surface area (Å²) in [4.78, 5) is 18.1. The van der Waals surface area contributed by atoms with Crippen molar-refractivity contribution in [3.63, 3.8) is 0 Å². The molecular weight excluding hydrogens is 369 g/mol. The van der Waals surface area contributed by atoms with E-state index in [0.29, 0.717) is 26.1 Å². The van der Waals surface area contributed by atoms with Crippen LogP contribution in [0.25, 0.3) is 6.08 Å². The molecule has 0 radical (unpaired) electrons. The van der Waals surface area contributed by atoms with E-state index in [-0.39, 0.29) is 17.3 Å². The van der Waals surface area contributed by atoms with Gasteiger partial charge in [-0.3, -0.25) is 9.78 Å². The van der Waals surface area contributed by atoms with Crippen molar-refractivity contribution in [1.29, 1.82) is 0 Å². The fourth-order valence-electron chi connectivity index (χ4n) is 2.86. The van der Waals surface area contributed by atoms with Gasteiger partial charge in [0.1, 0.15) is 5.82 Å². The predicted molar refractivity (Wildman–Crippen MR) is 99.6 cm³/mol. The van der Waals surface area contributed by atoms with Crippen molar-refractivity contribution >= 4 is 22.0 Å². The van der Waals surface area contributed by atoms with Crippen molar-refractivity contribution in [3.05, 3.63) is 66.2 Å². The summed E-state index contributed by atoms with van der Waals surface area (Å²) in [5.74, 6) is -0.651. The minimum absolute atomic E-state index is 0.0557. The zero-order chi connectivity index (χ0) is 19.3. The van der Waals surface area contributed by atoms with Crippen molar-refractivity contribution in [2.45, 2.75) is 11.3 Å². The number of nitrogens with zero attached hydrogens (tertiary/aromatic N) is 3. The second kappa shape index (κ2) is 8.41. The monoisotopic (exact) mass is 389 g/mol. The Bertz CT molecular complexity index is 915. The molecule has 1 amide bonds. The Hall–Kier alpha value is -2.58. The third kappa shape index (κ3) is 4.78. The van der Waals surface area contributed by atoms with Gasteiger partial charge in [-0.1, -0.05) is 6.07 Å². The Morgan fingerprint density at radius 1 is 1.07 bits per heavy atom. The first-order valence-corrected chi connectivity index (χ1v) is 10.0. The third-order valence-corrected chi connectivity index (χ3v) is 6.23. The Kier molecular flexibility index (Phi) is 5.98. The molecular formula is C19H20FN3O3S. The largest absolute Gasteiger partial charge is 0.338 e. The number of hydrogen-bond acceptors (Lipinski definition) is 4. The molecule has 0 N–H and O–H groups in total. The molecule has 142 valence electrons. The van der Waals surface area contributed by atoms with Crippen molar-refractivity contribution in [1.82, 2.24) is 14.2 Å². The first-order chi connectivity index (χ1) is 13.0. The van der Waals surface area contributed by atoms with Crippen molar-refractivity contribution < 1.29 is 17.6 Å². The van der Waals surface area contributed by atoms with E-state index in [1.54, 1.807) is 29.4 Å². The highest BCUT2D eigenvalue weighted by atomic mass is 32.2. The summed E-state index contributed by atoms with van der Waals surface area (Å²) in [6.07, 6.45) is 7.01. The zero-order valence-electron chi connectivity index (χ0n) is 14.7. The lowest BCUT2D eigenvalue weighted by Crippen LogP contribution is -2.36. The summed E-state index contributed by atoms with van der Waals surface area (Å²) in [5, 5.41) is 0. The number of hydrogen-bond donors (Lipinski definition) is 0. The number of halogens is 1. The number of sulfonamides is 1. The average molecular weight is 389 g/mol. The van der Waals surface area contributed by atoms with Gasteiger partial charge in [0.05, 0.1) is 4.90 Å². The molecule has 3 rings (SSSR count). The van der Waals surface area contributed by atoms with Gasteiger partial charge in [-0.25, -0.2) is 12.8 Å². The maximum absolute atomic E-state index is 13.1. The Balaban J connectivity index is 1.65. The normalized spacial score (nSPS) is 16.4. The lowest BCUT2D eigenvalue weighted by Gasteiger charge is -2.21. The van der Waals surface area contributed by atoms with Gasteiger partial charge < -0.3 is 4.90 Å². The topological polar surface area (TPSA) is 70.6 Å². The van der Waals surface area contributed by atoms with Crippen LogP contribution in [-0.4, -0.2) is 54.7 Å². The van der Waals surface area contributed by atoms with Gasteiger partial charge in [-0.15, -0.1) is 0 Å². The van der Waals surface area contributed by atoms with E-state index in [2.05, 4.69) is 4.98 Å². The van der Waals surface area contributed by atoms with Crippen molar-refractivity contribution in [2.75, 3.05) is 26.2 Å². The fourth-order valence-corrected chi connectivity index (χ4v) is 4.33. The summed E-state index contributed by atoms with van der Waals surface area (Å²) < 4.78 is 39.8. The molecule has 1 aromatic carbocycles. The zero-order valence-corrected chi connectivity index (χ0v) is 15.5. The van der Waals surface area contributed by atoms with Crippen molar-refractivity contribution in [2.24, 2.45) is 0 Å². The highest BCUT2D eigenvalue weighted by Crippen LogP contribution is 2.18. The number of carbonyl (C=O) groups is 1. The Labute approximate surface area is 158 Å². The summed E-state index contributed by atoms with van der Waals surface area (Å²) in [6.45, 7) is 1.30. The molecule has 0 spiro atoms. The fraction of sp³-hybridized carbons (Fsp3) is 0.263. The van der Waals surface area contributed by atoms with Gasteiger partial charge in [-0.05, 0) is 48.4 Å². The molecule has 1 aliphatic rings. The maximum Gasteiger partial charge on any atom is 0.246 e. The Morgan fingerprint density at radius 2 is 1.85 bits per heavy atom. The molecule has 0 bridgehead atoms.